The Hall–Kier alpha value is -7.50. The summed E-state index contributed by atoms with van der Waals surface area (Å²) in [5, 5.41) is 0. The van der Waals surface area contributed by atoms with Gasteiger partial charge in [0.1, 0.15) is 11.5 Å². The Morgan fingerprint density at radius 1 is 0.339 bits per heavy atom. The van der Waals surface area contributed by atoms with Crippen molar-refractivity contribution in [2.75, 3.05) is 0 Å². The van der Waals surface area contributed by atoms with Crippen molar-refractivity contribution in [1.82, 2.24) is 19.9 Å². The van der Waals surface area contributed by atoms with E-state index in [1.54, 1.807) is 6.20 Å². The quantitative estimate of drug-likeness (QED) is 0.177. The summed E-state index contributed by atoms with van der Waals surface area (Å²) in [6, 6.07) is 63.5. The van der Waals surface area contributed by atoms with Gasteiger partial charge in [-0.15, -0.1) is 0 Å². The number of fused-ring (bicyclic) bond motifs is 9. The van der Waals surface area contributed by atoms with E-state index in [1.807, 2.05) is 54.7 Å². The number of rotatable bonds is 5. The minimum atomic E-state index is -0.586. The van der Waals surface area contributed by atoms with E-state index in [-0.39, 0.29) is 0 Å². The van der Waals surface area contributed by atoms with E-state index >= 15 is 0 Å². The van der Waals surface area contributed by atoms with Gasteiger partial charge in [-0.25, -0.2) is 15.0 Å². The highest BCUT2D eigenvalue weighted by Gasteiger charge is 2.51. The van der Waals surface area contributed by atoms with E-state index in [0.29, 0.717) is 17.5 Å². The molecular formula is C51H32N4O. The van der Waals surface area contributed by atoms with Crippen LogP contribution in [-0.2, 0) is 5.41 Å². The summed E-state index contributed by atoms with van der Waals surface area (Å²) >= 11 is 0. The molecule has 0 unspecified atom stereocenters. The molecule has 1 aliphatic heterocycles. The maximum absolute atomic E-state index is 6.56. The van der Waals surface area contributed by atoms with Crippen LogP contribution in [0, 0.1) is 0 Å². The number of pyridine rings is 1. The van der Waals surface area contributed by atoms with Gasteiger partial charge in [-0.3, -0.25) is 4.98 Å². The molecule has 0 radical (unpaired) electrons. The number of ether oxygens (including phenoxy) is 1. The molecule has 0 atom stereocenters. The maximum atomic E-state index is 6.56. The van der Waals surface area contributed by atoms with Crippen molar-refractivity contribution < 1.29 is 4.74 Å². The van der Waals surface area contributed by atoms with Crippen LogP contribution in [-0.4, -0.2) is 19.9 Å². The zero-order valence-electron chi connectivity index (χ0n) is 30.2. The first kappa shape index (κ1) is 32.0. The number of benzene rings is 7. The zero-order chi connectivity index (χ0) is 37.1. The first-order chi connectivity index (χ1) is 27.7. The van der Waals surface area contributed by atoms with Gasteiger partial charge in [-0.2, -0.15) is 0 Å². The van der Waals surface area contributed by atoms with E-state index < -0.39 is 5.41 Å². The lowest BCUT2D eigenvalue weighted by molar-refractivity contribution is 0.436. The number of hydrogen-bond donors (Lipinski definition) is 0. The van der Waals surface area contributed by atoms with Crippen LogP contribution >= 0.6 is 0 Å². The predicted molar refractivity (Wildman–Crippen MR) is 222 cm³/mol. The summed E-state index contributed by atoms with van der Waals surface area (Å²) in [6.45, 7) is 0. The molecule has 5 nitrogen and oxygen atoms in total. The topological polar surface area (TPSA) is 60.8 Å². The second-order valence-corrected chi connectivity index (χ2v) is 14.2. The molecule has 2 aliphatic rings. The molecule has 0 saturated heterocycles. The van der Waals surface area contributed by atoms with E-state index in [2.05, 4.69) is 138 Å². The molecule has 1 spiro atoms. The summed E-state index contributed by atoms with van der Waals surface area (Å²) in [6.07, 6.45) is 3.68. The summed E-state index contributed by atoms with van der Waals surface area (Å²) in [7, 11) is 0. The van der Waals surface area contributed by atoms with Gasteiger partial charge < -0.3 is 4.74 Å². The Labute approximate surface area is 324 Å². The molecule has 5 heteroatoms. The van der Waals surface area contributed by atoms with Crippen LogP contribution in [0.15, 0.2) is 194 Å². The molecule has 0 bridgehead atoms. The van der Waals surface area contributed by atoms with E-state index in [9.17, 15) is 0 Å². The van der Waals surface area contributed by atoms with Gasteiger partial charge in [0.05, 0.1) is 5.41 Å². The second-order valence-electron chi connectivity index (χ2n) is 14.2. The fourth-order valence-electron chi connectivity index (χ4n) is 8.54. The van der Waals surface area contributed by atoms with Gasteiger partial charge >= 0.3 is 0 Å². The average molecular weight is 717 g/mol. The minimum absolute atomic E-state index is 0.586. The highest BCUT2D eigenvalue weighted by Crippen LogP contribution is 2.62. The summed E-state index contributed by atoms with van der Waals surface area (Å²) in [4.78, 5) is 19.7. The van der Waals surface area contributed by atoms with E-state index in [0.717, 1.165) is 61.6 Å². The number of aromatic nitrogens is 4. The van der Waals surface area contributed by atoms with E-state index in [4.69, 9.17) is 19.7 Å². The molecule has 0 N–H and O–H groups in total. The third-order valence-electron chi connectivity index (χ3n) is 11.1. The zero-order valence-corrected chi connectivity index (χ0v) is 30.2. The Balaban J connectivity index is 1.05. The Morgan fingerprint density at radius 2 is 0.804 bits per heavy atom. The normalized spacial score (nSPS) is 12.9. The highest BCUT2D eigenvalue weighted by atomic mass is 16.5. The highest BCUT2D eigenvalue weighted by molar-refractivity contribution is 5.90. The SMILES string of the molecule is c1ccc(-c2nc(-c3ccc(-c4ccc(-c5cccnc5)cc4)cc3)nc(-c3ccc4c(c3)C3(c5ccccc5Oc5ccccc53)c3ccccc3-4)n2)cc1. The van der Waals surface area contributed by atoms with Crippen molar-refractivity contribution in [2.24, 2.45) is 0 Å². The molecule has 56 heavy (non-hydrogen) atoms. The van der Waals surface area contributed by atoms with Gasteiger partial charge in [0, 0.05) is 40.2 Å². The van der Waals surface area contributed by atoms with Gasteiger partial charge in [-0.05, 0) is 68.8 Å². The first-order valence-electron chi connectivity index (χ1n) is 18.8. The molecule has 0 fully saturated rings. The molecule has 11 rings (SSSR count). The lowest BCUT2D eigenvalue weighted by atomic mass is 9.66. The van der Waals surface area contributed by atoms with Crippen LogP contribution in [0.5, 0.6) is 11.5 Å². The largest absolute Gasteiger partial charge is 0.457 e. The first-order valence-corrected chi connectivity index (χ1v) is 18.8. The smallest absolute Gasteiger partial charge is 0.164 e. The maximum Gasteiger partial charge on any atom is 0.164 e. The standard InChI is InChI=1S/C51H32N4O/c1-2-11-36(12-3-1)48-53-49(37-26-24-34(25-27-37)33-20-22-35(23-21-33)39-13-10-30-52-32-39)55-50(54-48)38-28-29-41-40-14-4-5-15-42(40)51(45(41)31-38)43-16-6-8-18-46(43)56-47-19-9-7-17-44(47)51/h1-32H. The van der Waals surface area contributed by atoms with Crippen molar-refractivity contribution in [3.8, 4) is 79.0 Å². The van der Waals surface area contributed by atoms with Crippen molar-refractivity contribution >= 4 is 0 Å². The lowest BCUT2D eigenvalue weighted by Gasteiger charge is -2.39. The monoisotopic (exact) mass is 716 g/mol. The van der Waals surface area contributed by atoms with E-state index in [1.165, 1.54) is 22.3 Å². The molecule has 9 aromatic rings. The molecular weight excluding hydrogens is 685 g/mol. The van der Waals surface area contributed by atoms with Crippen LogP contribution in [0.4, 0.5) is 0 Å². The van der Waals surface area contributed by atoms with Crippen LogP contribution < -0.4 is 4.74 Å². The summed E-state index contributed by atoms with van der Waals surface area (Å²) in [5.74, 6) is 3.59. The molecule has 0 amide bonds. The molecule has 2 aromatic heterocycles. The van der Waals surface area contributed by atoms with Crippen LogP contribution in [0.25, 0.3) is 67.5 Å². The Morgan fingerprint density at radius 3 is 1.43 bits per heavy atom. The molecule has 1 aliphatic carbocycles. The summed E-state index contributed by atoms with van der Waals surface area (Å²) < 4.78 is 6.56. The second kappa shape index (κ2) is 12.8. The summed E-state index contributed by atoms with van der Waals surface area (Å²) in [5.41, 5.74) is 13.7. The predicted octanol–water partition coefficient (Wildman–Crippen LogP) is 12.1. The number of para-hydroxylation sites is 2. The molecule has 3 heterocycles. The lowest BCUT2D eigenvalue weighted by Crippen LogP contribution is -2.32. The number of hydrogen-bond acceptors (Lipinski definition) is 5. The van der Waals surface area contributed by atoms with Gasteiger partial charge in [0.25, 0.3) is 0 Å². The average Bonchev–Trinajstić information content (AvgIpc) is 3.57. The van der Waals surface area contributed by atoms with Crippen molar-refractivity contribution in [3.63, 3.8) is 0 Å². The van der Waals surface area contributed by atoms with Crippen LogP contribution in [0.2, 0.25) is 0 Å². The fourth-order valence-corrected chi connectivity index (χ4v) is 8.54. The number of nitrogens with zero attached hydrogens (tertiary/aromatic N) is 4. The minimum Gasteiger partial charge on any atom is -0.457 e. The Kier molecular flexibility index (Phi) is 7.32. The van der Waals surface area contributed by atoms with Crippen molar-refractivity contribution in [2.45, 2.75) is 5.41 Å². The van der Waals surface area contributed by atoms with Gasteiger partial charge in [-0.1, -0.05) is 158 Å². The van der Waals surface area contributed by atoms with Crippen LogP contribution in [0.1, 0.15) is 22.3 Å². The third kappa shape index (κ3) is 5.02. The van der Waals surface area contributed by atoms with Gasteiger partial charge in [0.2, 0.25) is 0 Å². The van der Waals surface area contributed by atoms with Crippen molar-refractivity contribution in [1.29, 1.82) is 0 Å². The van der Waals surface area contributed by atoms with Crippen molar-refractivity contribution in [3.05, 3.63) is 217 Å². The molecule has 262 valence electrons. The third-order valence-corrected chi connectivity index (χ3v) is 11.1. The fraction of sp³-hybridized carbons (Fsp3) is 0.0196. The molecule has 0 saturated carbocycles. The molecule has 7 aromatic carbocycles. The van der Waals surface area contributed by atoms with Crippen LogP contribution in [0.3, 0.4) is 0 Å². The van der Waals surface area contributed by atoms with Gasteiger partial charge in [0.15, 0.2) is 17.5 Å². The Bertz CT molecular complexity index is 2880.